The van der Waals surface area contributed by atoms with Gasteiger partial charge in [-0.15, -0.1) is 0 Å². The number of rotatable bonds is 4. The smallest absolute Gasteiger partial charge is 0.262 e. The van der Waals surface area contributed by atoms with Crippen molar-refractivity contribution in [3.63, 3.8) is 0 Å². The number of halogens is 1. The van der Waals surface area contributed by atoms with Crippen molar-refractivity contribution in [3.05, 3.63) is 52.5 Å². The molecule has 2 aromatic rings. The molecule has 0 aliphatic heterocycles. The molecule has 0 bridgehead atoms. The van der Waals surface area contributed by atoms with E-state index >= 15 is 0 Å². The third kappa shape index (κ3) is 3.47. The summed E-state index contributed by atoms with van der Waals surface area (Å²) in [5.74, 6) is 0. The molecule has 0 aliphatic rings. The number of benzene rings is 2. The number of aryl methyl sites for hydroxylation is 1. The van der Waals surface area contributed by atoms with Gasteiger partial charge in [-0.2, -0.15) is 0 Å². The Bertz CT molecular complexity index is 759. The van der Waals surface area contributed by atoms with Crippen LogP contribution >= 0.6 is 11.6 Å². The van der Waals surface area contributed by atoms with Crippen molar-refractivity contribution in [2.24, 2.45) is 0 Å². The summed E-state index contributed by atoms with van der Waals surface area (Å²) in [6.45, 7) is 1.55. The number of nitrogens with two attached hydrogens (primary N) is 1. The van der Waals surface area contributed by atoms with Crippen LogP contribution in [-0.2, 0) is 16.6 Å². The fourth-order valence-electron chi connectivity index (χ4n) is 1.85. The maximum atomic E-state index is 12.4. The number of sulfonamides is 1. The molecule has 0 amide bonds. The summed E-state index contributed by atoms with van der Waals surface area (Å²) in [6.07, 6.45) is 0. The van der Waals surface area contributed by atoms with E-state index in [0.29, 0.717) is 21.8 Å². The lowest BCUT2D eigenvalue weighted by molar-refractivity contribution is 0.282. The molecular weight excluding hydrogens is 312 g/mol. The SMILES string of the molecule is Cc1cc(Cl)c(N)cc1S(=O)(=O)Nc1ccc(CO)cc1. The minimum atomic E-state index is -3.75. The van der Waals surface area contributed by atoms with E-state index in [1.54, 1.807) is 31.2 Å². The second-order valence-corrected chi connectivity index (χ2v) is 6.66. The van der Waals surface area contributed by atoms with Crippen LogP contribution in [0.5, 0.6) is 0 Å². The zero-order valence-corrected chi connectivity index (χ0v) is 12.9. The predicted octanol–water partition coefficient (Wildman–Crippen LogP) is 2.52. The molecule has 0 aromatic heterocycles. The summed E-state index contributed by atoms with van der Waals surface area (Å²) in [5, 5.41) is 9.29. The number of hydrogen-bond donors (Lipinski definition) is 3. The van der Waals surface area contributed by atoms with Crippen molar-refractivity contribution >= 4 is 33.0 Å². The Morgan fingerprint density at radius 3 is 2.43 bits per heavy atom. The predicted molar refractivity (Wildman–Crippen MR) is 83.8 cm³/mol. The van der Waals surface area contributed by atoms with Crippen molar-refractivity contribution in [3.8, 4) is 0 Å². The highest BCUT2D eigenvalue weighted by Gasteiger charge is 2.18. The van der Waals surface area contributed by atoms with Gasteiger partial charge in [0, 0.05) is 5.69 Å². The average Bonchev–Trinajstić information content (AvgIpc) is 2.43. The summed E-state index contributed by atoms with van der Waals surface area (Å²) < 4.78 is 27.2. The first-order chi connectivity index (χ1) is 9.83. The van der Waals surface area contributed by atoms with Gasteiger partial charge < -0.3 is 10.8 Å². The molecule has 0 spiro atoms. The number of aliphatic hydroxyl groups is 1. The highest BCUT2D eigenvalue weighted by molar-refractivity contribution is 7.92. The van der Waals surface area contributed by atoms with Gasteiger partial charge in [-0.05, 0) is 42.3 Å². The van der Waals surface area contributed by atoms with Gasteiger partial charge in [-0.3, -0.25) is 4.72 Å². The highest BCUT2D eigenvalue weighted by Crippen LogP contribution is 2.27. The van der Waals surface area contributed by atoms with Gasteiger partial charge >= 0.3 is 0 Å². The molecule has 112 valence electrons. The van der Waals surface area contributed by atoms with Crippen LogP contribution in [0.2, 0.25) is 5.02 Å². The third-order valence-electron chi connectivity index (χ3n) is 2.97. The molecule has 0 saturated carbocycles. The zero-order valence-electron chi connectivity index (χ0n) is 11.3. The molecule has 4 N–H and O–H groups in total. The van der Waals surface area contributed by atoms with Crippen LogP contribution in [-0.4, -0.2) is 13.5 Å². The molecule has 0 fully saturated rings. The van der Waals surface area contributed by atoms with Crippen LogP contribution < -0.4 is 10.5 Å². The van der Waals surface area contributed by atoms with Gasteiger partial charge in [0.1, 0.15) is 0 Å². The zero-order chi connectivity index (χ0) is 15.6. The molecular formula is C14H15ClN2O3S. The normalized spacial score (nSPS) is 11.4. The largest absolute Gasteiger partial charge is 0.397 e. The first-order valence-corrected chi connectivity index (χ1v) is 7.98. The van der Waals surface area contributed by atoms with Gasteiger partial charge in [0.2, 0.25) is 0 Å². The minimum Gasteiger partial charge on any atom is -0.397 e. The van der Waals surface area contributed by atoms with Gasteiger partial charge in [0.15, 0.2) is 0 Å². The Labute approximate surface area is 128 Å². The van der Waals surface area contributed by atoms with Crippen LogP contribution in [0.15, 0.2) is 41.3 Å². The lowest BCUT2D eigenvalue weighted by atomic mass is 10.2. The van der Waals surface area contributed by atoms with Gasteiger partial charge in [0.05, 0.1) is 22.2 Å². The number of nitrogens with one attached hydrogen (secondary N) is 1. The summed E-state index contributed by atoms with van der Waals surface area (Å²) in [4.78, 5) is 0.0793. The lowest BCUT2D eigenvalue weighted by Gasteiger charge is -2.12. The average molecular weight is 327 g/mol. The van der Waals surface area contributed by atoms with E-state index in [4.69, 9.17) is 22.4 Å². The molecule has 0 heterocycles. The van der Waals surface area contributed by atoms with Crippen LogP contribution in [0.25, 0.3) is 0 Å². The second kappa shape index (κ2) is 5.93. The van der Waals surface area contributed by atoms with Gasteiger partial charge in [-0.25, -0.2) is 8.42 Å². The second-order valence-electron chi connectivity index (χ2n) is 4.60. The number of aliphatic hydroxyl groups excluding tert-OH is 1. The Kier molecular flexibility index (Phi) is 4.41. The number of anilines is 2. The van der Waals surface area contributed by atoms with Crippen molar-refractivity contribution in [2.75, 3.05) is 10.5 Å². The monoisotopic (exact) mass is 326 g/mol. The van der Waals surface area contributed by atoms with Gasteiger partial charge in [0.25, 0.3) is 10.0 Å². The van der Waals surface area contributed by atoms with E-state index in [9.17, 15) is 8.42 Å². The molecule has 0 unspecified atom stereocenters. The molecule has 0 saturated heterocycles. The third-order valence-corrected chi connectivity index (χ3v) is 4.82. The molecule has 5 nitrogen and oxygen atoms in total. The fourth-order valence-corrected chi connectivity index (χ4v) is 3.39. The lowest BCUT2D eigenvalue weighted by Crippen LogP contribution is -2.14. The highest BCUT2D eigenvalue weighted by atomic mass is 35.5. The molecule has 2 rings (SSSR count). The Balaban J connectivity index is 2.35. The Morgan fingerprint density at radius 2 is 1.86 bits per heavy atom. The van der Waals surface area contributed by atoms with Crippen LogP contribution in [0.1, 0.15) is 11.1 Å². The van der Waals surface area contributed by atoms with Crippen molar-refractivity contribution in [1.82, 2.24) is 0 Å². The standard InChI is InChI=1S/C14H15ClN2O3S/c1-9-6-12(15)13(16)7-14(9)21(19,20)17-11-4-2-10(8-18)3-5-11/h2-7,17-18H,8,16H2,1H3. The maximum absolute atomic E-state index is 12.4. The van der Waals surface area contributed by atoms with Crippen molar-refractivity contribution in [2.45, 2.75) is 18.4 Å². The minimum absolute atomic E-state index is 0.0793. The van der Waals surface area contributed by atoms with E-state index < -0.39 is 10.0 Å². The van der Waals surface area contributed by atoms with Crippen LogP contribution in [0.4, 0.5) is 11.4 Å². The topological polar surface area (TPSA) is 92.4 Å². The Hall–Kier alpha value is -1.76. The van der Waals surface area contributed by atoms with E-state index in [2.05, 4.69) is 4.72 Å². The van der Waals surface area contributed by atoms with E-state index in [1.807, 2.05) is 0 Å². The van der Waals surface area contributed by atoms with Crippen LogP contribution in [0.3, 0.4) is 0 Å². The summed E-state index contributed by atoms with van der Waals surface area (Å²) in [5.41, 5.74) is 7.48. The van der Waals surface area contributed by atoms with Crippen molar-refractivity contribution in [1.29, 1.82) is 0 Å². The van der Waals surface area contributed by atoms with E-state index in [-0.39, 0.29) is 17.2 Å². The quantitative estimate of drug-likeness (QED) is 0.753. The molecule has 0 radical (unpaired) electrons. The fraction of sp³-hybridized carbons (Fsp3) is 0.143. The number of nitrogen functional groups attached to an aromatic ring is 1. The first-order valence-electron chi connectivity index (χ1n) is 6.12. The van der Waals surface area contributed by atoms with Gasteiger partial charge in [-0.1, -0.05) is 23.7 Å². The summed E-state index contributed by atoms with van der Waals surface area (Å²) >= 11 is 5.87. The molecule has 7 heteroatoms. The van der Waals surface area contributed by atoms with Crippen LogP contribution in [0, 0.1) is 6.92 Å². The maximum Gasteiger partial charge on any atom is 0.262 e. The molecule has 0 atom stereocenters. The summed E-state index contributed by atoms with van der Waals surface area (Å²) in [7, 11) is -3.75. The summed E-state index contributed by atoms with van der Waals surface area (Å²) in [6, 6.07) is 9.29. The number of hydrogen-bond acceptors (Lipinski definition) is 4. The molecule has 2 aromatic carbocycles. The van der Waals surface area contributed by atoms with E-state index in [1.165, 1.54) is 12.1 Å². The molecule has 21 heavy (non-hydrogen) atoms. The van der Waals surface area contributed by atoms with Crippen molar-refractivity contribution < 1.29 is 13.5 Å². The first kappa shape index (κ1) is 15.6. The Morgan fingerprint density at radius 1 is 1.24 bits per heavy atom. The van der Waals surface area contributed by atoms with E-state index in [0.717, 1.165) is 0 Å². The molecule has 0 aliphatic carbocycles.